The van der Waals surface area contributed by atoms with Crippen LogP contribution in [0, 0.1) is 5.82 Å². The van der Waals surface area contributed by atoms with E-state index < -0.39 is 0 Å². The van der Waals surface area contributed by atoms with E-state index in [2.05, 4.69) is 15.8 Å². The molecule has 0 aliphatic carbocycles. The van der Waals surface area contributed by atoms with Gasteiger partial charge in [0.25, 0.3) is 5.91 Å². The summed E-state index contributed by atoms with van der Waals surface area (Å²) in [5, 5.41) is 9.82. The van der Waals surface area contributed by atoms with Crippen LogP contribution < -0.4 is 20.1 Å². The largest absolute Gasteiger partial charge is 0.454 e. The van der Waals surface area contributed by atoms with Crippen molar-refractivity contribution in [2.24, 2.45) is 0 Å². The summed E-state index contributed by atoms with van der Waals surface area (Å²) in [6.07, 6.45) is 0.529. The number of nitrogens with one attached hydrogen (secondary N) is 2. The summed E-state index contributed by atoms with van der Waals surface area (Å²) in [6, 6.07) is 11.1. The highest BCUT2D eigenvalue weighted by Gasteiger charge is 2.22. The van der Waals surface area contributed by atoms with Crippen molar-refractivity contribution < 1.29 is 23.2 Å². The van der Waals surface area contributed by atoms with Crippen LogP contribution >= 0.6 is 0 Å². The zero-order valence-electron chi connectivity index (χ0n) is 15.1. The van der Waals surface area contributed by atoms with Crippen molar-refractivity contribution in [3.8, 4) is 11.5 Å². The number of carbonyl (C=O) groups excluding carboxylic acids is 1. The molecule has 8 heteroatoms. The number of carbonyl (C=O) groups is 1. The fraction of sp³-hybridized carbons (Fsp3) is 0.200. The molecule has 0 atom stereocenters. The fourth-order valence-electron chi connectivity index (χ4n) is 2.88. The molecule has 4 rings (SSSR count). The first-order chi connectivity index (χ1) is 13.6. The minimum atomic E-state index is -0.377. The predicted octanol–water partition coefficient (Wildman–Crippen LogP) is 3.97. The number of halogens is 1. The molecular formula is C20H18FN3O4. The van der Waals surface area contributed by atoms with E-state index in [0.717, 1.165) is 5.56 Å². The molecule has 7 nitrogen and oxygen atoms in total. The Hall–Kier alpha value is -3.55. The summed E-state index contributed by atoms with van der Waals surface area (Å²) < 4.78 is 29.1. The number of benzene rings is 2. The number of aromatic nitrogens is 1. The Kier molecular flexibility index (Phi) is 4.84. The van der Waals surface area contributed by atoms with Gasteiger partial charge in [-0.2, -0.15) is 0 Å². The van der Waals surface area contributed by atoms with Crippen molar-refractivity contribution in [2.45, 2.75) is 19.9 Å². The van der Waals surface area contributed by atoms with E-state index >= 15 is 0 Å². The number of hydrogen-bond acceptors (Lipinski definition) is 6. The van der Waals surface area contributed by atoms with Crippen molar-refractivity contribution in [1.82, 2.24) is 5.16 Å². The lowest BCUT2D eigenvalue weighted by Gasteiger charge is -2.08. The molecular weight excluding hydrogens is 365 g/mol. The van der Waals surface area contributed by atoms with Crippen LogP contribution in [0.5, 0.6) is 11.5 Å². The average molecular weight is 383 g/mol. The lowest BCUT2D eigenvalue weighted by atomic mass is 10.1. The molecule has 3 aromatic rings. The second-order valence-corrected chi connectivity index (χ2v) is 6.19. The quantitative estimate of drug-likeness (QED) is 0.670. The first-order valence-electron chi connectivity index (χ1n) is 8.82. The fourth-order valence-corrected chi connectivity index (χ4v) is 2.88. The molecule has 28 heavy (non-hydrogen) atoms. The summed E-state index contributed by atoms with van der Waals surface area (Å²) in [5.74, 6) is 0.909. The molecule has 0 spiro atoms. The van der Waals surface area contributed by atoms with Crippen LogP contribution in [-0.2, 0) is 13.0 Å². The van der Waals surface area contributed by atoms with E-state index in [4.69, 9.17) is 14.0 Å². The molecule has 2 aromatic carbocycles. The predicted molar refractivity (Wildman–Crippen MR) is 100 cm³/mol. The van der Waals surface area contributed by atoms with Gasteiger partial charge in [0.1, 0.15) is 11.4 Å². The minimum absolute atomic E-state index is 0.210. The van der Waals surface area contributed by atoms with Crippen LogP contribution in [0.25, 0.3) is 0 Å². The zero-order valence-corrected chi connectivity index (χ0v) is 15.1. The van der Waals surface area contributed by atoms with Crippen LogP contribution in [0.3, 0.4) is 0 Å². The van der Waals surface area contributed by atoms with E-state index in [1.165, 1.54) is 24.3 Å². The van der Waals surface area contributed by atoms with E-state index in [-0.39, 0.29) is 24.4 Å². The number of hydrogen-bond donors (Lipinski definition) is 2. The first-order valence-corrected chi connectivity index (χ1v) is 8.82. The number of fused-ring (bicyclic) bond motifs is 1. The van der Waals surface area contributed by atoms with Gasteiger partial charge in [-0.1, -0.05) is 18.1 Å². The van der Waals surface area contributed by atoms with Gasteiger partial charge in [-0.3, -0.25) is 4.79 Å². The van der Waals surface area contributed by atoms with Gasteiger partial charge in [0.2, 0.25) is 12.7 Å². The lowest BCUT2D eigenvalue weighted by molar-refractivity contribution is 0.102. The normalized spacial score (nSPS) is 12.1. The van der Waals surface area contributed by atoms with Crippen LogP contribution in [0.4, 0.5) is 16.0 Å². The number of anilines is 2. The van der Waals surface area contributed by atoms with E-state index in [1.54, 1.807) is 0 Å². The lowest BCUT2D eigenvalue weighted by Crippen LogP contribution is -2.15. The maximum Gasteiger partial charge on any atom is 0.263 e. The van der Waals surface area contributed by atoms with E-state index in [9.17, 15) is 9.18 Å². The number of amides is 1. The van der Waals surface area contributed by atoms with E-state index in [1.807, 2.05) is 25.1 Å². The van der Waals surface area contributed by atoms with Gasteiger partial charge in [-0.05, 0) is 48.4 Å². The number of aryl methyl sites for hydroxylation is 1. The highest BCUT2D eigenvalue weighted by molar-refractivity contribution is 6.08. The zero-order chi connectivity index (χ0) is 19.5. The second kappa shape index (κ2) is 7.59. The summed E-state index contributed by atoms with van der Waals surface area (Å²) in [5.41, 5.74) is 2.28. The molecule has 0 saturated heterocycles. The number of rotatable bonds is 6. The topological polar surface area (TPSA) is 85.6 Å². The third-order valence-electron chi connectivity index (χ3n) is 4.32. The van der Waals surface area contributed by atoms with Crippen molar-refractivity contribution in [2.75, 3.05) is 17.4 Å². The molecule has 0 saturated carbocycles. The van der Waals surface area contributed by atoms with Crippen LogP contribution in [-0.4, -0.2) is 17.9 Å². The standard InChI is InChI=1S/C20H18FN3O4/c1-2-15-18(19(25)23-14-6-4-13(21)5-7-14)20(28-24-15)22-10-12-3-8-16-17(9-12)27-11-26-16/h3-9,22H,2,10-11H2,1H3,(H,23,25). The average Bonchev–Trinajstić information content (AvgIpc) is 3.34. The van der Waals surface area contributed by atoms with Gasteiger partial charge >= 0.3 is 0 Å². The Labute approximate surface area is 160 Å². The van der Waals surface area contributed by atoms with Gasteiger partial charge in [0.15, 0.2) is 11.5 Å². The molecule has 1 aliphatic heterocycles. The molecule has 2 N–H and O–H groups in total. The highest BCUT2D eigenvalue weighted by Crippen LogP contribution is 2.33. The number of ether oxygens (including phenoxy) is 2. The minimum Gasteiger partial charge on any atom is -0.454 e. The number of nitrogens with zero attached hydrogens (tertiary/aromatic N) is 1. The molecule has 144 valence electrons. The first kappa shape index (κ1) is 17.8. The van der Waals surface area contributed by atoms with Crippen molar-refractivity contribution >= 4 is 17.5 Å². The highest BCUT2D eigenvalue weighted by atomic mass is 19.1. The Balaban J connectivity index is 1.50. The van der Waals surface area contributed by atoms with Crippen molar-refractivity contribution in [3.05, 3.63) is 65.1 Å². The molecule has 1 aliphatic rings. The third-order valence-corrected chi connectivity index (χ3v) is 4.32. The molecule has 0 unspecified atom stereocenters. The van der Waals surface area contributed by atoms with Crippen LogP contribution in [0.2, 0.25) is 0 Å². The summed E-state index contributed by atoms with van der Waals surface area (Å²) in [6.45, 7) is 2.50. The molecule has 0 bridgehead atoms. The van der Waals surface area contributed by atoms with Gasteiger partial charge in [-0.15, -0.1) is 0 Å². The molecule has 0 radical (unpaired) electrons. The van der Waals surface area contributed by atoms with Crippen molar-refractivity contribution in [3.63, 3.8) is 0 Å². The third kappa shape index (κ3) is 3.62. The Bertz CT molecular complexity index is 1000. The second-order valence-electron chi connectivity index (χ2n) is 6.19. The summed E-state index contributed by atoms with van der Waals surface area (Å²) >= 11 is 0. The molecule has 0 fully saturated rings. The van der Waals surface area contributed by atoms with Crippen molar-refractivity contribution in [1.29, 1.82) is 0 Å². The maximum atomic E-state index is 13.1. The maximum absolute atomic E-state index is 13.1. The van der Waals surface area contributed by atoms with Gasteiger partial charge in [0, 0.05) is 12.2 Å². The van der Waals surface area contributed by atoms with Crippen LogP contribution in [0.15, 0.2) is 47.0 Å². The van der Waals surface area contributed by atoms with E-state index in [0.29, 0.717) is 41.4 Å². The van der Waals surface area contributed by atoms with Gasteiger partial charge in [0.05, 0.1) is 5.69 Å². The smallest absolute Gasteiger partial charge is 0.263 e. The Morgan fingerprint density at radius 2 is 1.93 bits per heavy atom. The SMILES string of the molecule is CCc1noc(NCc2ccc3c(c2)OCO3)c1C(=O)Nc1ccc(F)cc1. The Morgan fingerprint density at radius 3 is 2.71 bits per heavy atom. The molecule has 1 aromatic heterocycles. The van der Waals surface area contributed by atoms with Crippen LogP contribution in [0.1, 0.15) is 28.5 Å². The Morgan fingerprint density at radius 1 is 1.14 bits per heavy atom. The van der Waals surface area contributed by atoms with Gasteiger partial charge < -0.3 is 24.6 Å². The summed E-state index contributed by atoms with van der Waals surface area (Å²) in [7, 11) is 0. The monoisotopic (exact) mass is 383 g/mol. The molecule has 2 heterocycles. The molecule has 1 amide bonds. The summed E-state index contributed by atoms with van der Waals surface area (Å²) in [4.78, 5) is 12.7. The van der Waals surface area contributed by atoms with Gasteiger partial charge in [-0.25, -0.2) is 4.39 Å².